The second-order valence-corrected chi connectivity index (χ2v) is 7.47. The fraction of sp³-hybridized carbons (Fsp3) is 0.529. The molecule has 0 N–H and O–H groups in total. The molecule has 1 heterocycles. The molecule has 3 nitrogen and oxygen atoms in total. The number of hydrogen-bond donors (Lipinski definition) is 0. The second kappa shape index (κ2) is 6.73. The van der Waals surface area contributed by atoms with Crippen LogP contribution < -0.4 is 0 Å². The lowest BCUT2D eigenvalue weighted by Crippen LogP contribution is -2.15. The lowest BCUT2D eigenvalue weighted by Gasteiger charge is -2.23. The number of para-hydroxylation sites is 1. The molecule has 114 valence electrons. The maximum atomic E-state index is 4.42. The molecule has 1 atom stereocenters. The highest BCUT2D eigenvalue weighted by molar-refractivity contribution is 9.08. The first-order valence-corrected chi connectivity index (χ1v) is 8.57. The van der Waals surface area contributed by atoms with Crippen molar-refractivity contribution in [3.05, 3.63) is 42.0 Å². The summed E-state index contributed by atoms with van der Waals surface area (Å²) >= 11 is 3.51. The van der Waals surface area contributed by atoms with Gasteiger partial charge < -0.3 is 0 Å². The standard InChI is InChI=1S/C17H24BrN3/c1-13(11-17(2,3)4)10-15-19-20-16(12-18)21(15)14-8-6-5-7-9-14/h5-9,13H,10-12H2,1-4H3. The van der Waals surface area contributed by atoms with Crippen molar-refractivity contribution in [3.8, 4) is 5.69 Å². The Hall–Kier alpha value is -1.16. The topological polar surface area (TPSA) is 30.7 Å². The van der Waals surface area contributed by atoms with E-state index in [-0.39, 0.29) is 0 Å². The molecule has 0 radical (unpaired) electrons. The minimum Gasteiger partial charge on any atom is -0.282 e. The van der Waals surface area contributed by atoms with Crippen molar-refractivity contribution in [2.75, 3.05) is 0 Å². The predicted molar refractivity (Wildman–Crippen MR) is 90.9 cm³/mol. The minimum atomic E-state index is 0.343. The molecule has 0 spiro atoms. The Kier molecular flexibility index (Phi) is 5.20. The van der Waals surface area contributed by atoms with E-state index in [9.17, 15) is 0 Å². The number of alkyl halides is 1. The molecule has 0 saturated heterocycles. The molecule has 0 aliphatic heterocycles. The summed E-state index contributed by atoms with van der Waals surface area (Å²) in [5.74, 6) is 2.59. The number of nitrogens with zero attached hydrogens (tertiary/aromatic N) is 3. The zero-order chi connectivity index (χ0) is 15.5. The predicted octanol–water partition coefficient (Wildman–Crippen LogP) is 4.78. The molecule has 0 amide bonds. The van der Waals surface area contributed by atoms with Crippen molar-refractivity contribution in [3.63, 3.8) is 0 Å². The number of aromatic nitrogens is 3. The Bertz CT molecular complexity index is 569. The first-order chi connectivity index (χ1) is 9.90. The van der Waals surface area contributed by atoms with Gasteiger partial charge in [0.25, 0.3) is 0 Å². The molecule has 0 bridgehead atoms. The summed E-state index contributed by atoms with van der Waals surface area (Å²) in [5.41, 5.74) is 1.48. The van der Waals surface area contributed by atoms with Crippen molar-refractivity contribution in [1.82, 2.24) is 14.8 Å². The van der Waals surface area contributed by atoms with Crippen LogP contribution in [0.4, 0.5) is 0 Å². The average Bonchev–Trinajstić information content (AvgIpc) is 2.80. The van der Waals surface area contributed by atoms with Crippen LogP contribution in [-0.4, -0.2) is 14.8 Å². The average molecular weight is 350 g/mol. The van der Waals surface area contributed by atoms with Crippen molar-refractivity contribution >= 4 is 15.9 Å². The van der Waals surface area contributed by atoms with Gasteiger partial charge in [-0.05, 0) is 29.9 Å². The minimum absolute atomic E-state index is 0.343. The maximum Gasteiger partial charge on any atom is 0.148 e. The fourth-order valence-corrected chi connectivity index (χ4v) is 3.24. The third kappa shape index (κ3) is 4.40. The van der Waals surface area contributed by atoms with Gasteiger partial charge in [0, 0.05) is 12.1 Å². The van der Waals surface area contributed by atoms with Gasteiger partial charge in [0.1, 0.15) is 11.6 Å². The van der Waals surface area contributed by atoms with Crippen molar-refractivity contribution < 1.29 is 0 Å². The van der Waals surface area contributed by atoms with Crippen molar-refractivity contribution in [2.24, 2.45) is 11.3 Å². The van der Waals surface area contributed by atoms with Gasteiger partial charge >= 0.3 is 0 Å². The highest BCUT2D eigenvalue weighted by Gasteiger charge is 2.19. The van der Waals surface area contributed by atoms with Gasteiger partial charge in [0.2, 0.25) is 0 Å². The van der Waals surface area contributed by atoms with Gasteiger partial charge in [-0.2, -0.15) is 0 Å². The maximum absolute atomic E-state index is 4.42. The van der Waals surface area contributed by atoms with Crippen LogP contribution in [-0.2, 0) is 11.8 Å². The summed E-state index contributed by atoms with van der Waals surface area (Å²) in [7, 11) is 0. The first-order valence-electron chi connectivity index (χ1n) is 7.45. The Balaban J connectivity index is 2.27. The zero-order valence-electron chi connectivity index (χ0n) is 13.3. The number of benzene rings is 1. The summed E-state index contributed by atoms with van der Waals surface area (Å²) in [6, 6.07) is 10.3. The molecular formula is C17H24BrN3. The Morgan fingerprint density at radius 1 is 1.10 bits per heavy atom. The van der Waals surface area contributed by atoms with Crippen LogP contribution in [0.2, 0.25) is 0 Å². The monoisotopic (exact) mass is 349 g/mol. The van der Waals surface area contributed by atoms with Crippen LogP contribution in [0.15, 0.2) is 30.3 Å². The zero-order valence-corrected chi connectivity index (χ0v) is 14.9. The fourth-order valence-electron chi connectivity index (χ4n) is 2.88. The largest absolute Gasteiger partial charge is 0.282 e. The summed E-state index contributed by atoms with van der Waals surface area (Å²) in [5, 5.41) is 9.45. The van der Waals surface area contributed by atoms with Crippen LogP contribution >= 0.6 is 15.9 Å². The van der Waals surface area contributed by atoms with E-state index in [0.717, 1.165) is 23.8 Å². The van der Waals surface area contributed by atoms with E-state index in [4.69, 9.17) is 0 Å². The van der Waals surface area contributed by atoms with E-state index >= 15 is 0 Å². The smallest absolute Gasteiger partial charge is 0.148 e. The van der Waals surface area contributed by atoms with Crippen LogP contribution in [0.5, 0.6) is 0 Å². The van der Waals surface area contributed by atoms with E-state index in [2.05, 4.69) is 82.7 Å². The van der Waals surface area contributed by atoms with Crippen LogP contribution in [0.25, 0.3) is 5.69 Å². The molecule has 4 heteroatoms. The van der Waals surface area contributed by atoms with Crippen LogP contribution in [0.3, 0.4) is 0 Å². The van der Waals surface area contributed by atoms with Gasteiger partial charge in [-0.3, -0.25) is 4.57 Å². The molecule has 0 saturated carbocycles. The molecule has 1 aromatic heterocycles. The molecule has 1 aromatic carbocycles. The molecule has 0 aliphatic carbocycles. The SMILES string of the molecule is CC(Cc1nnc(CBr)n1-c1ccccc1)CC(C)(C)C. The molecule has 2 aromatic rings. The Morgan fingerprint density at radius 2 is 1.71 bits per heavy atom. The van der Waals surface area contributed by atoms with Gasteiger partial charge in [0.05, 0.1) is 5.33 Å². The number of rotatable bonds is 5. The highest BCUT2D eigenvalue weighted by atomic mass is 79.9. The third-order valence-electron chi connectivity index (χ3n) is 3.42. The van der Waals surface area contributed by atoms with Crippen LogP contribution in [0.1, 0.15) is 45.8 Å². The lowest BCUT2D eigenvalue weighted by molar-refractivity contribution is 0.303. The van der Waals surface area contributed by atoms with Gasteiger partial charge in [-0.25, -0.2) is 0 Å². The number of halogens is 1. The molecule has 2 rings (SSSR count). The van der Waals surface area contributed by atoms with Crippen molar-refractivity contribution in [1.29, 1.82) is 0 Å². The summed E-state index contributed by atoms with van der Waals surface area (Å²) in [6.45, 7) is 9.16. The van der Waals surface area contributed by atoms with E-state index < -0.39 is 0 Å². The summed E-state index contributed by atoms with van der Waals surface area (Å²) < 4.78 is 2.17. The molecule has 0 fully saturated rings. The van der Waals surface area contributed by atoms with Gasteiger partial charge in [0.15, 0.2) is 0 Å². The quantitative estimate of drug-likeness (QED) is 0.727. The first kappa shape index (κ1) is 16.2. The van der Waals surface area contributed by atoms with E-state index in [1.54, 1.807) is 0 Å². The number of hydrogen-bond acceptors (Lipinski definition) is 2. The third-order valence-corrected chi connectivity index (χ3v) is 3.92. The van der Waals surface area contributed by atoms with E-state index in [1.165, 1.54) is 6.42 Å². The van der Waals surface area contributed by atoms with E-state index in [1.807, 2.05) is 6.07 Å². The molecule has 21 heavy (non-hydrogen) atoms. The van der Waals surface area contributed by atoms with E-state index in [0.29, 0.717) is 16.7 Å². The normalized spacial score (nSPS) is 13.4. The summed E-state index contributed by atoms with van der Waals surface area (Å²) in [6.07, 6.45) is 2.13. The second-order valence-electron chi connectivity index (χ2n) is 6.91. The Morgan fingerprint density at radius 3 is 2.29 bits per heavy atom. The molecule has 0 aliphatic rings. The lowest BCUT2D eigenvalue weighted by atomic mass is 9.84. The Labute approximate surface area is 135 Å². The van der Waals surface area contributed by atoms with Crippen molar-refractivity contribution in [2.45, 2.75) is 45.9 Å². The summed E-state index contributed by atoms with van der Waals surface area (Å²) in [4.78, 5) is 0. The molecule has 1 unspecified atom stereocenters. The van der Waals surface area contributed by atoms with Gasteiger partial charge in [-0.15, -0.1) is 10.2 Å². The molecular weight excluding hydrogens is 326 g/mol. The highest BCUT2D eigenvalue weighted by Crippen LogP contribution is 2.27. The van der Waals surface area contributed by atoms with Crippen LogP contribution in [0, 0.1) is 11.3 Å². The van der Waals surface area contributed by atoms with Gasteiger partial charge in [-0.1, -0.05) is 61.8 Å².